The first-order valence-corrected chi connectivity index (χ1v) is 22.9. The molecule has 0 fully saturated rings. The molecule has 0 aromatic rings. The number of esters is 2. The van der Waals surface area contributed by atoms with Crippen molar-refractivity contribution in [1.82, 2.24) is 0 Å². The highest BCUT2D eigenvalue weighted by atomic mass is 31.2. The van der Waals surface area contributed by atoms with Gasteiger partial charge in [-0.1, -0.05) is 165 Å². The van der Waals surface area contributed by atoms with Crippen LogP contribution in [0.2, 0.25) is 0 Å². The highest BCUT2D eigenvalue weighted by Crippen LogP contribution is 2.36. The lowest BCUT2D eigenvalue weighted by Gasteiger charge is -2.18. The van der Waals surface area contributed by atoms with Crippen molar-refractivity contribution in [2.24, 2.45) is 5.92 Å². The first kappa shape index (κ1) is 52.0. The minimum absolute atomic E-state index is 0.181. The van der Waals surface area contributed by atoms with E-state index >= 15 is 0 Å². The molecule has 314 valence electrons. The van der Waals surface area contributed by atoms with Gasteiger partial charge in [0.15, 0.2) is 6.10 Å². The monoisotopic (exact) mass is 783 g/mol. The predicted octanol–water partition coefficient (Wildman–Crippen LogP) is 12.0. The predicted molar refractivity (Wildman–Crippen MR) is 222 cm³/mol. The molecule has 0 aromatic carbocycles. The lowest BCUT2D eigenvalue weighted by atomic mass is 10.0. The Balaban J connectivity index is 3.98. The molecule has 0 aliphatic heterocycles. The summed E-state index contributed by atoms with van der Waals surface area (Å²) in [7, 11) is -4.77. The zero-order valence-electron chi connectivity index (χ0n) is 34.2. The Morgan fingerprint density at radius 3 is 1.44 bits per heavy atom. The SMILES string of the molecule is CC(C)CCCCCCCCCCCCCCCCCC(=O)O[C@H](COC(=O)CCC/C=C\C/C=C\C/C=C\C/C=C\CCCCCO)COP(=O)(O)O. The van der Waals surface area contributed by atoms with E-state index in [-0.39, 0.29) is 26.1 Å². The van der Waals surface area contributed by atoms with Gasteiger partial charge in [0.25, 0.3) is 0 Å². The highest BCUT2D eigenvalue weighted by molar-refractivity contribution is 7.46. The third-order valence-electron chi connectivity index (χ3n) is 9.08. The van der Waals surface area contributed by atoms with E-state index < -0.39 is 32.5 Å². The minimum atomic E-state index is -4.77. The number of ether oxygens (including phenoxy) is 2. The van der Waals surface area contributed by atoms with Crippen molar-refractivity contribution in [3.63, 3.8) is 0 Å². The van der Waals surface area contributed by atoms with E-state index in [2.05, 4.69) is 60.9 Å². The van der Waals surface area contributed by atoms with E-state index in [0.29, 0.717) is 19.3 Å². The highest BCUT2D eigenvalue weighted by Gasteiger charge is 2.22. The van der Waals surface area contributed by atoms with Gasteiger partial charge in [0.2, 0.25) is 0 Å². The van der Waals surface area contributed by atoms with Crippen molar-refractivity contribution in [3.05, 3.63) is 48.6 Å². The molecular weight excluding hydrogens is 703 g/mol. The first-order chi connectivity index (χ1) is 26.1. The number of aliphatic hydroxyl groups is 1. The summed E-state index contributed by atoms with van der Waals surface area (Å²) < 4.78 is 26.3. The van der Waals surface area contributed by atoms with Gasteiger partial charge in [0.05, 0.1) is 6.61 Å². The number of carbonyl (C=O) groups is 2. The van der Waals surface area contributed by atoms with Gasteiger partial charge >= 0.3 is 19.8 Å². The quantitative estimate of drug-likeness (QED) is 0.0240. The molecule has 0 aliphatic rings. The van der Waals surface area contributed by atoms with Crippen molar-refractivity contribution in [3.8, 4) is 0 Å². The summed E-state index contributed by atoms with van der Waals surface area (Å²) in [5, 5.41) is 8.77. The van der Waals surface area contributed by atoms with Crippen LogP contribution in [-0.2, 0) is 28.2 Å². The second-order valence-corrected chi connectivity index (χ2v) is 16.1. The largest absolute Gasteiger partial charge is 0.469 e. The fraction of sp³-hybridized carbons (Fsp3) is 0.773. The standard InChI is InChI=1S/C44H79O9P/c1-41(2)35-31-27-23-19-15-11-7-6-9-13-17-21-25-29-33-37-44(47)53-42(40-52-54(48,49)50)39-51-43(46)36-32-28-24-20-16-12-8-4-3-5-10-14-18-22-26-30-34-38-45/h3,5,8,12,14,18,20,24,41-42,45H,4,6-7,9-11,13,15-17,19,21-23,25-40H2,1-2H3,(H2,48,49,50)/b5-3-,12-8-,18-14-,24-20-/t42-/m1/s1. The van der Waals surface area contributed by atoms with Crippen molar-refractivity contribution >= 4 is 19.8 Å². The Morgan fingerprint density at radius 2 is 0.963 bits per heavy atom. The molecule has 0 spiro atoms. The topological polar surface area (TPSA) is 140 Å². The second kappa shape index (κ2) is 39.2. The van der Waals surface area contributed by atoms with Crippen molar-refractivity contribution in [1.29, 1.82) is 0 Å². The zero-order valence-corrected chi connectivity index (χ0v) is 35.1. The van der Waals surface area contributed by atoms with E-state index in [1.165, 1.54) is 77.0 Å². The van der Waals surface area contributed by atoms with E-state index in [9.17, 15) is 14.2 Å². The Hall–Kier alpha value is -2.03. The van der Waals surface area contributed by atoms with Gasteiger partial charge in [-0.2, -0.15) is 0 Å². The summed E-state index contributed by atoms with van der Waals surface area (Å²) in [5.74, 6) is -0.131. The molecule has 0 amide bonds. The number of phosphoric ester groups is 1. The molecule has 0 heterocycles. The summed E-state index contributed by atoms with van der Waals surface area (Å²) in [6.45, 7) is 4.00. The van der Waals surface area contributed by atoms with Gasteiger partial charge in [-0.3, -0.25) is 14.1 Å². The number of aliphatic hydroxyl groups excluding tert-OH is 1. The Labute approximate surface area is 329 Å². The van der Waals surface area contributed by atoms with Crippen LogP contribution in [0.4, 0.5) is 0 Å². The number of hydrogen-bond donors (Lipinski definition) is 3. The Morgan fingerprint density at radius 1 is 0.537 bits per heavy atom. The molecule has 54 heavy (non-hydrogen) atoms. The van der Waals surface area contributed by atoms with Gasteiger partial charge in [-0.15, -0.1) is 0 Å². The molecular formula is C44H79O9P. The van der Waals surface area contributed by atoms with E-state index in [1.807, 2.05) is 6.08 Å². The smallest absolute Gasteiger partial charge is 0.462 e. The molecule has 9 nitrogen and oxygen atoms in total. The lowest BCUT2D eigenvalue weighted by Crippen LogP contribution is -2.29. The molecule has 0 saturated carbocycles. The fourth-order valence-corrected chi connectivity index (χ4v) is 6.24. The average Bonchev–Trinajstić information content (AvgIpc) is 3.13. The molecule has 3 N–H and O–H groups in total. The minimum Gasteiger partial charge on any atom is -0.462 e. The third kappa shape index (κ3) is 42.7. The van der Waals surface area contributed by atoms with Crippen LogP contribution in [0.25, 0.3) is 0 Å². The van der Waals surface area contributed by atoms with E-state index in [0.717, 1.165) is 70.1 Å². The normalized spacial score (nSPS) is 13.0. The third-order valence-corrected chi connectivity index (χ3v) is 9.57. The average molecular weight is 783 g/mol. The molecule has 0 aromatic heterocycles. The van der Waals surface area contributed by atoms with Crippen LogP contribution in [0, 0.1) is 5.92 Å². The lowest BCUT2D eigenvalue weighted by molar-refractivity contribution is -0.161. The first-order valence-electron chi connectivity index (χ1n) is 21.4. The van der Waals surface area contributed by atoms with Crippen LogP contribution in [-0.4, -0.2) is 52.8 Å². The summed E-state index contributed by atoms with van der Waals surface area (Å²) in [6, 6.07) is 0. The maximum Gasteiger partial charge on any atom is 0.469 e. The molecule has 0 aliphatic carbocycles. The number of unbranched alkanes of at least 4 members (excludes halogenated alkanes) is 18. The van der Waals surface area contributed by atoms with Gasteiger partial charge < -0.3 is 24.4 Å². The maximum atomic E-state index is 12.4. The van der Waals surface area contributed by atoms with Crippen LogP contribution < -0.4 is 0 Å². The number of allylic oxidation sites excluding steroid dienone is 8. The van der Waals surface area contributed by atoms with E-state index in [1.54, 1.807) is 0 Å². The summed E-state index contributed by atoms with van der Waals surface area (Å²) in [5.41, 5.74) is 0. The van der Waals surface area contributed by atoms with Crippen LogP contribution in [0.5, 0.6) is 0 Å². The van der Waals surface area contributed by atoms with Crippen molar-refractivity contribution in [2.75, 3.05) is 19.8 Å². The molecule has 1 atom stereocenters. The van der Waals surface area contributed by atoms with Crippen molar-refractivity contribution in [2.45, 2.75) is 193 Å². The molecule has 0 saturated heterocycles. The molecule has 0 rings (SSSR count). The van der Waals surface area contributed by atoms with Gasteiger partial charge in [-0.25, -0.2) is 4.57 Å². The van der Waals surface area contributed by atoms with Crippen LogP contribution >= 0.6 is 7.82 Å². The Kier molecular flexibility index (Phi) is 37.7. The second-order valence-electron chi connectivity index (χ2n) is 14.9. The molecule has 0 unspecified atom stereocenters. The van der Waals surface area contributed by atoms with Crippen LogP contribution in [0.3, 0.4) is 0 Å². The molecule has 0 radical (unpaired) electrons. The van der Waals surface area contributed by atoms with Crippen LogP contribution in [0.15, 0.2) is 48.6 Å². The Bertz CT molecular complexity index is 1030. The van der Waals surface area contributed by atoms with Crippen LogP contribution in [0.1, 0.15) is 187 Å². The molecule has 10 heteroatoms. The summed E-state index contributed by atoms with van der Waals surface area (Å²) in [4.78, 5) is 42.8. The number of rotatable bonds is 39. The molecule has 0 bridgehead atoms. The van der Waals surface area contributed by atoms with Crippen molar-refractivity contribution < 1.29 is 43.0 Å². The number of hydrogen-bond acceptors (Lipinski definition) is 7. The maximum absolute atomic E-state index is 12.4. The fourth-order valence-electron chi connectivity index (χ4n) is 5.88. The zero-order chi connectivity index (χ0) is 39.8. The number of carbonyl (C=O) groups excluding carboxylic acids is 2. The van der Waals surface area contributed by atoms with Gasteiger partial charge in [0, 0.05) is 19.4 Å². The summed E-state index contributed by atoms with van der Waals surface area (Å²) >= 11 is 0. The van der Waals surface area contributed by atoms with Gasteiger partial charge in [0.1, 0.15) is 6.61 Å². The van der Waals surface area contributed by atoms with Gasteiger partial charge in [-0.05, 0) is 63.7 Å². The number of phosphoric acid groups is 1. The summed E-state index contributed by atoms with van der Waals surface area (Å²) in [6.07, 6.45) is 44.2. The van der Waals surface area contributed by atoms with E-state index in [4.69, 9.17) is 24.4 Å².